The molecule has 1 aromatic heterocycles. The number of ketones is 1. The molecule has 2 aromatic rings. The summed E-state index contributed by atoms with van der Waals surface area (Å²) in [5, 5.41) is 4.20. The van der Waals surface area contributed by atoms with E-state index in [4.69, 9.17) is 5.73 Å². The van der Waals surface area contributed by atoms with Gasteiger partial charge in [-0.25, -0.2) is 4.39 Å². The number of thiophene rings is 1. The van der Waals surface area contributed by atoms with Crippen LogP contribution in [0.25, 0.3) is 0 Å². The highest BCUT2D eigenvalue weighted by molar-refractivity contribution is 7.99. The Morgan fingerprint density at radius 1 is 1.48 bits per heavy atom. The third-order valence-corrected chi connectivity index (χ3v) is 5.24. The molecule has 0 fully saturated rings. The first kappa shape index (κ1) is 15.9. The molecule has 0 atom stereocenters. The minimum absolute atomic E-state index is 0.0222. The van der Waals surface area contributed by atoms with Gasteiger partial charge < -0.3 is 11.1 Å². The van der Waals surface area contributed by atoms with Crippen molar-refractivity contribution in [2.75, 3.05) is 23.9 Å². The lowest BCUT2D eigenvalue weighted by molar-refractivity contribution is 0.102. The molecular weight excluding hydrogens is 307 g/mol. The first-order valence-corrected chi connectivity index (χ1v) is 8.52. The molecule has 0 spiro atoms. The fourth-order valence-electron chi connectivity index (χ4n) is 2.02. The topological polar surface area (TPSA) is 55.1 Å². The number of hydrogen-bond donors (Lipinski definition) is 2. The number of rotatable bonds is 6. The zero-order chi connectivity index (χ0) is 15.4. The number of benzene rings is 1. The lowest BCUT2D eigenvalue weighted by Gasteiger charge is -2.06. The summed E-state index contributed by atoms with van der Waals surface area (Å²) in [6.07, 6.45) is 2.64. The van der Waals surface area contributed by atoms with Crippen molar-refractivity contribution in [3.05, 3.63) is 40.5 Å². The molecule has 0 radical (unpaired) electrons. The van der Waals surface area contributed by atoms with E-state index in [1.54, 1.807) is 6.07 Å². The predicted molar refractivity (Wildman–Crippen MR) is 89.1 cm³/mol. The van der Waals surface area contributed by atoms with E-state index in [0.29, 0.717) is 23.5 Å². The quantitative estimate of drug-likeness (QED) is 0.622. The van der Waals surface area contributed by atoms with Crippen molar-refractivity contribution in [2.24, 2.45) is 0 Å². The van der Waals surface area contributed by atoms with E-state index in [9.17, 15) is 9.18 Å². The monoisotopic (exact) mass is 324 g/mol. The summed E-state index contributed by atoms with van der Waals surface area (Å²) < 4.78 is 13.1. The summed E-state index contributed by atoms with van der Waals surface area (Å²) in [6, 6.07) is 6.56. The van der Waals surface area contributed by atoms with E-state index in [1.807, 2.05) is 12.3 Å². The SMILES string of the molecule is CSc1c(NCCc2cccc(F)c2)sc(C(C)=O)c1N. The van der Waals surface area contributed by atoms with Gasteiger partial charge in [0.15, 0.2) is 5.78 Å². The first-order valence-electron chi connectivity index (χ1n) is 6.48. The van der Waals surface area contributed by atoms with E-state index in [0.717, 1.165) is 15.5 Å². The largest absolute Gasteiger partial charge is 0.396 e. The van der Waals surface area contributed by atoms with Crippen molar-refractivity contribution in [1.82, 2.24) is 0 Å². The van der Waals surface area contributed by atoms with Crippen LogP contribution in [0, 0.1) is 5.82 Å². The van der Waals surface area contributed by atoms with Crippen LogP contribution in [0.5, 0.6) is 0 Å². The average Bonchev–Trinajstić information content (AvgIpc) is 2.75. The minimum atomic E-state index is -0.225. The number of hydrogen-bond acceptors (Lipinski definition) is 5. The molecule has 2 rings (SSSR count). The van der Waals surface area contributed by atoms with Crippen molar-refractivity contribution < 1.29 is 9.18 Å². The summed E-state index contributed by atoms with van der Waals surface area (Å²) in [7, 11) is 0. The number of nitrogens with one attached hydrogen (secondary N) is 1. The molecule has 0 bridgehead atoms. The Kier molecular flexibility index (Phi) is 5.25. The summed E-state index contributed by atoms with van der Waals surface area (Å²) >= 11 is 2.90. The van der Waals surface area contributed by atoms with E-state index >= 15 is 0 Å². The zero-order valence-corrected chi connectivity index (χ0v) is 13.5. The molecule has 0 saturated heterocycles. The van der Waals surface area contributed by atoms with Crippen LogP contribution in [0.15, 0.2) is 29.2 Å². The summed E-state index contributed by atoms with van der Waals surface area (Å²) in [4.78, 5) is 13.0. The maximum atomic E-state index is 13.1. The van der Waals surface area contributed by atoms with Gasteiger partial charge in [0.2, 0.25) is 0 Å². The summed E-state index contributed by atoms with van der Waals surface area (Å²) in [5.74, 6) is -0.248. The van der Waals surface area contributed by atoms with E-state index in [-0.39, 0.29) is 11.6 Å². The minimum Gasteiger partial charge on any atom is -0.396 e. The fraction of sp³-hybridized carbons (Fsp3) is 0.267. The second-order valence-corrected chi connectivity index (χ2v) is 6.41. The van der Waals surface area contributed by atoms with Crippen molar-refractivity contribution in [1.29, 1.82) is 0 Å². The van der Waals surface area contributed by atoms with E-state index in [1.165, 1.54) is 42.2 Å². The Balaban J connectivity index is 2.06. The maximum Gasteiger partial charge on any atom is 0.171 e. The summed E-state index contributed by atoms with van der Waals surface area (Å²) in [6.45, 7) is 2.18. The molecule has 0 unspecified atom stereocenters. The Labute approximate surface area is 131 Å². The highest BCUT2D eigenvalue weighted by Gasteiger charge is 2.17. The number of halogens is 1. The van der Waals surface area contributed by atoms with Crippen LogP contribution < -0.4 is 11.1 Å². The molecule has 21 heavy (non-hydrogen) atoms. The molecular formula is C15H17FN2OS2. The van der Waals surface area contributed by atoms with Gasteiger partial charge in [0.25, 0.3) is 0 Å². The Hall–Kier alpha value is -1.53. The third kappa shape index (κ3) is 3.77. The van der Waals surface area contributed by atoms with Gasteiger partial charge in [0.1, 0.15) is 10.8 Å². The predicted octanol–water partition coefficient (Wildman–Crippen LogP) is 4.05. The van der Waals surface area contributed by atoms with Gasteiger partial charge in [0.05, 0.1) is 15.5 Å². The van der Waals surface area contributed by atoms with Crippen molar-refractivity contribution in [3.63, 3.8) is 0 Å². The number of anilines is 2. The van der Waals surface area contributed by atoms with Crippen LogP contribution in [0.2, 0.25) is 0 Å². The first-order chi connectivity index (χ1) is 10.0. The smallest absolute Gasteiger partial charge is 0.171 e. The number of carbonyl (C=O) groups excluding carboxylic acids is 1. The van der Waals surface area contributed by atoms with Gasteiger partial charge in [0, 0.05) is 13.5 Å². The number of carbonyl (C=O) groups is 1. The van der Waals surface area contributed by atoms with Gasteiger partial charge in [-0.1, -0.05) is 12.1 Å². The highest BCUT2D eigenvalue weighted by Crippen LogP contribution is 2.41. The molecule has 0 aliphatic heterocycles. The Morgan fingerprint density at radius 2 is 2.24 bits per heavy atom. The van der Waals surface area contributed by atoms with Crippen LogP contribution in [0.4, 0.5) is 15.1 Å². The van der Waals surface area contributed by atoms with Crippen LogP contribution in [0.3, 0.4) is 0 Å². The van der Waals surface area contributed by atoms with E-state index in [2.05, 4.69) is 5.32 Å². The van der Waals surface area contributed by atoms with Gasteiger partial charge in [-0.15, -0.1) is 23.1 Å². The van der Waals surface area contributed by atoms with Gasteiger partial charge in [-0.3, -0.25) is 4.79 Å². The molecule has 0 amide bonds. The standard InChI is InChI=1S/C15H17FN2OS2/c1-9(19)13-12(17)14(20-2)15(21-13)18-7-6-10-4-3-5-11(16)8-10/h3-5,8,18H,6-7,17H2,1-2H3. The zero-order valence-electron chi connectivity index (χ0n) is 11.9. The second kappa shape index (κ2) is 6.95. The molecule has 0 aliphatic carbocycles. The molecule has 6 heteroatoms. The van der Waals surface area contributed by atoms with Crippen LogP contribution in [-0.4, -0.2) is 18.6 Å². The number of nitrogen functional groups attached to an aromatic ring is 1. The van der Waals surface area contributed by atoms with Crippen molar-refractivity contribution >= 4 is 39.6 Å². The Morgan fingerprint density at radius 3 is 2.86 bits per heavy atom. The molecule has 112 valence electrons. The third-order valence-electron chi connectivity index (χ3n) is 3.01. The van der Waals surface area contributed by atoms with Gasteiger partial charge in [-0.2, -0.15) is 0 Å². The average molecular weight is 324 g/mol. The lowest BCUT2D eigenvalue weighted by atomic mass is 10.1. The van der Waals surface area contributed by atoms with Gasteiger partial charge in [-0.05, 0) is 30.4 Å². The molecule has 1 heterocycles. The van der Waals surface area contributed by atoms with Crippen LogP contribution >= 0.6 is 23.1 Å². The molecule has 3 N–H and O–H groups in total. The molecule has 0 aliphatic rings. The van der Waals surface area contributed by atoms with Gasteiger partial charge >= 0.3 is 0 Å². The summed E-state index contributed by atoms with van der Waals surface area (Å²) in [5.41, 5.74) is 7.48. The number of Topliss-reactive ketones (excluding diaryl/α,β-unsaturated/α-hetero) is 1. The van der Waals surface area contributed by atoms with E-state index < -0.39 is 0 Å². The second-order valence-electron chi connectivity index (χ2n) is 4.57. The van der Waals surface area contributed by atoms with Crippen molar-refractivity contribution in [2.45, 2.75) is 18.2 Å². The lowest BCUT2D eigenvalue weighted by Crippen LogP contribution is -2.04. The fourth-order valence-corrected chi connectivity index (χ4v) is 3.98. The van der Waals surface area contributed by atoms with Crippen LogP contribution in [-0.2, 0) is 6.42 Å². The number of nitrogens with two attached hydrogens (primary N) is 1. The highest BCUT2D eigenvalue weighted by atomic mass is 32.2. The molecule has 3 nitrogen and oxygen atoms in total. The molecule has 0 saturated carbocycles. The van der Waals surface area contributed by atoms with Crippen molar-refractivity contribution in [3.8, 4) is 0 Å². The number of thioether (sulfide) groups is 1. The van der Waals surface area contributed by atoms with Crippen LogP contribution in [0.1, 0.15) is 22.2 Å². The Bertz CT molecular complexity index is 655. The normalized spacial score (nSPS) is 10.6. The maximum absolute atomic E-state index is 13.1. The molecule has 1 aromatic carbocycles.